The lowest BCUT2D eigenvalue weighted by Crippen LogP contribution is -1.95. The zero-order chi connectivity index (χ0) is 12.1. The molecule has 0 aliphatic heterocycles. The molecule has 1 heterocycles. The summed E-state index contributed by atoms with van der Waals surface area (Å²) in [7, 11) is 0. The van der Waals surface area contributed by atoms with Crippen LogP contribution in [0.1, 0.15) is 22.6 Å². The Bertz CT molecular complexity index is 462. The molecule has 0 aliphatic carbocycles. The zero-order valence-electron chi connectivity index (χ0n) is 9.98. The van der Waals surface area contributed by atoms with Gasteiger partial charge >= 0.3 is 0 Å². The van der Waals surface area contributed by atoms with Crippen molar-refractivity contribution < 1.29 is 9.15 Å². The number of benzene rings is 1. The summed E-state index contributed by atoms with van der Waals surface area (Å²) in [6, 6.07) is 12.0. The fourth-order valence-electron chi connectivity index (χ4n) is 1.71. The third-order valence-electron chi connectivity index (χ3n) is 2.65. The summed E-state index contributed by atoms with van der Waals surface area (Å²) in [6.45, 7) is 3.51. The van der Waals surface area contributed by atoms with Gasteiger partial charge in [-0.1, -0.05) is 30.3 Å². The lowest BCUT2D eigenvalue weighted by atomic mass is 10.2. The molecular formula is C14H17NO2. The molecule has 0 spiro atoms. The van der Waals surface area contributed by atoms with Crippen LogP contribution in [0.25, 0.3) is 0 Å². The van der Waals surface area contributed by atoms with Crippen LogP contribution in [0.3, 0.4) is 0 Å². The first kappa shape index (κ1) is 11.9. The van der Waals surface area contributed by atoms with Gasteiger partial charge in [-0.05, 0) is 18.6 Å². The molecule has 0 saturated carbocycles. The predicted molar refractivity (Wildman–Crippen MR) is 66.3 cm³/mol. The van der Waals surface area contributed by atoms with Gasteiger partial charge in [0, 0.05) is 12.1 Å². The Morgan fingerprint density at radius 2 is 1.94 bits per heavy atom. The minimum absolute atomic E-state index is 0.482. The van der Waals surface area contributed by atoms with E-state index in [4.69, 9.17) is 14.9 Å². The maximum atomic E-state index is 5.58. The lowest BCUT2D eigenvalue weighted by Gasteiger charge is -2.01. The molecule has 17 heavy (non-hydrogen) atoms. The van der Waals surface area contributed by atoms with Crippen molar-refractivity contribution in [2.75, 3.05) is 0 Å². The molecule has 0 bridgehead atoms. The summed E-state index contributed by atoms with van der Waals surface area (Å²) in [5.41, 5.74) is 7.79. The molecule has 1 aromatic carbocycles. The summed E-state index contributed by atoms with van der Waals surface area (Å²) >= 11 is 0. The molecule has 1 aromatic heterocycles. The first-order chi connectivity index (χ1) is 8.29. The molecule has 90 valence electrons. The Hall–Kier alpha value is -1.58. The predicted octanol–water partition coefficient (Wildman–Crippen LogP) is 2.76. The summed E-state index contributed by atoms with van der Waals surface area (Å²) in [5.74, 6) is 1.71. The average Bonchev–Trinajstić information content (AvgIpc) is 2.71. The Morgan fingerprint density at radius 1 is 1.18 bits per heavy atom. The van der Waals surface area contributed by atoms with Gasteiger partial charge in [-0.25, -0.2) is 0 Å². The maximum Gasteiger partial charge on any atom is 0.130 e. The quantitative estimate of drug-likeness (QED) is 0.860. The normalized spacial score (nSPS) is 10.7. The number of furan rings is 1. The summed E-state index contributed by atoms with van der Waals surface area (Å²) in [5, 5.41) is 0. The molecular weight excluding hydrogens is 214 g/mol. The van der Waals surface area contributed by atoms with E-state index in [1.54, 1.807) is 0 Å². The van der Waals surface area contributed by atoms with Crippen molar-refractivity contribution in [3.8, 4) is 0 Å². The van der Waals surface area contributed by atoms with Crippen molar-refractivity contribution in [2.45, 2.75) is 26.7 Å². The summed E-state index contributed by atoms with van der Waals surface area (Å²) < 4.78 is 11.1. The Kier molecular flexibility index (Phi) is 3.96. The average molecular weight is 231 g/mol. The molecule has 0 amide bonds. The highest BCUT2D eigenvalue weighted by atomic mass is 16.5. The number of hydrogen-bond donors (Lipinski definition) is 1. The van der Waals surface area contributed by atoms with Crippen LogP contribution in [0, 0.1) is 6.92 Å². The number of aryl methyl sites for hydroxylation is 1. The van der Waals surface area contributed by atoms with Crippen molar-refractivity contribution in [3.63, 3.8) is 0 Å². The molecule has 0 fully saturated rings. The first-order valence-electron chi connectivity index (χ1n) is 5.69. The van der Waals surface area contributed by atoms with E-state index in [9.17, 15) is 0 Å². The van der Waals surface area contributed by atoms with E-state index in [0.717, 1.165) is 22.6 Å². The van der Waals surface area contributed by atoms with Crippen molar-refractivity contribution in [2.24, 2.45) is 5.73 Å². The van der Waals surface area contributed by atoms with E-state index in [1.807, 2.05) is 43.3 Å². The molecule has 3 nitrogen and oxygen atoms in total. The minimum Gasteiger partial charge on any atom is -0.464 e. The van der Waals surface area contributed by atoms with Gasteiger partial charge in [-0.15, -0.1) is 0 Å². The SMILES string of the molecule is Cc1oc(COCc2ccccc2)cc1CN. The highest BCUT2D eigenvalue weighted by Gasteiger charge is 2.05. The fourth-order valence-corrected chi connectivity index (χ4v) is 1.71. The molecule has 3 heteroatoms. The van der Waals surface area contributed by atoms with E-state index in [-0.39, 0.29) is 0 Å². The number of ether oxygens (including phenoxy) is 1. The van der Waals surface area contributed by atoms with Crippen molar-refractivity contribution in [1.29, 1.82) is 0 Å². The van der Waals surface area contributed by atoms with Crippen LogP contribution in [0.2, 0.25) is 0 Å². The van der Waals surface area contributed by atoms with Crippen LogP contribution in [-0.2, 0) is 24.5 Å². The van der Waals surface area contributed by atoms with Gasteiger partial charge < -0.3 is 14.9 Å². The second-order valence-electron chi connectivity index (χ2n) is 3.98. The van der Waals surface area contributed by atoms with Gasteiger partial charge in [0.25, 0.3) is 0 Å². The molecule has 0 saturated heterocycles. The second-order valence-corrected chi connectivity index (χ2v) is 3.98. The molecule has 0 aliphatic rings. The number of hydrogen-bond acceptors (Lipinski definition) is 3. The van der Waals surface area contributed by atoms with Crippen LogP contribution < -0.4 is 5.73 Å². The van der Waals surface area contributed by atoms with E-state index < -0.39 is 0 Å². The summed E-state index contributed by atoms with van der Waals surface area (Å²) in [4.78, 5) is 0. The molecule has 0 radical (unpaired) electrons. The Labute approximate surface area is 101 Å². The number of rotatable bonds is 5. The van der Waals surface area contributed by atoms with E-state index in [1.165, 1.54) is 0 Å². The van der Waals surface area contributed by atoms with Crippen molar-refractivity contribution in [3.05, 3.63) is 59.0 Å². The molecule has 2 N–H and O–H groups in total. The fraction of sp³-hybridized carbons (Fsp3) is 0.286. The Balaban J connectivity index is 1.86. The van der Waals surface area contributed by atoms with Crippen molar-refractivity contribution >= 4 is 0 Å². The third kappa shape index (κ3) is 3.19. The second kappa shape index (κ2) is 5.66. The molecule has 2 aromatic rings. The maximum absolute atomic E-state index is 5.58. The Morgan fingerprint density at radius 3 is 2.59 bits per heavy atom. The van der Waals surface area contributed by atoms with Gasteiger partial charge in [0.1, 0.15) is 18.1 Å². The highest BCUT2D eigenvalue weighted by Crippen LogP contribution is 2.15. The van der Waals surface area contributed by atoms with Gasteiger partial charge in [0.15, 0.2) is 0 Å². The van der Waals surface area contributed by atoms with Crippen LogP contribution in [-0.4, -0.2) is 0 Å². The monoisotopic (exact) mass is 231 g/mol. The summed E-state index contributed by atoms with van der Waals surface area (Å²) in [6.07, 6.45) is 0. The van der Waals surface area contributed by atoms with E-state index in [0.29, 0.717) is 19.8 Å². The van der Waals surface area contributed by atoms with Crippen LogP contribution in [0.15, 0.2) is 40.8 Å². The first-order valence-corrected chi connectivity index (χ1v) is 5.69. The minimum atomic E-state index is 0.482. The van der Waals surface area contributed by atoms with Gasteiger partial charge in [-0.2, -0.15) is 0 Å². The zero-order valence-corrected chi connectivity index (χ0v) is 9.98. The smallest absolute Gasteiger partial charge is 0.130 e. The lowest BCUT2D eigenvalue weighted by molar-refractivity contribution is 0.0923. The van der Waals surface area contributed by atoms with Crippen LogP contribution >= 0.6 is 0 Å². The van der Waals surface area contributed by atoms with Gasteiger partial charge in [-0.3, -0.25) is 0 Å². The standard InChI is InChI=1S/C14H17NO2/c1-11-13(8-15)7-14(17-11)10-16-9-12-5-3-2-4-6-12/h2-7H,8-10,15H2,1H3. The van der Waals surface area contributed by atoms with E-state index in [2.05, 4.69) is 0 Å². The molecule has 2 rings (SSSR count). The van der Waals surface area contributed by atoms with Crippen LogP contribution in [0.5, 0.6) is 0 Å². The topological polar surface area (TPSA) is 48.4 Å². The number of nitrogens with two attached hydrogens (primary N) is 1. The van der Waals surface area contributed by atoms with Gasteiger partial charge in [0.2, 0.25) is 0 Å². The molecule has 0 unspecified atom stereocenters. The van der Waals surface area contributed by atoms with E-state index >= 15 is 0 Å². The highest BCUT2D eigenvalue weighted by molar-refractivity contribution is 5.20. The van der Waals surface area contributed by atoms with Crippen molar-refractivity contribution in [1.82, 2.24) is 0 Å². The largest absolute Gasteiger partial charge is 0.464 e. The third-order valence-corrected chi connectivity index (χ3v) is 2.65. The van der Waals surface area contributed by atoms with Gasteiger partial charge in [0.05, 0.1) is 6.61 Å². The molecule has 0 atom stereocenters. The van der Waals surface area contributed by atoms with Crippen LogP contribution in [0.4, 0.5) is 0 Å².